The standard InChI is InChI=1S/C33H30N2O2S/c1-23-10-9-13-26(18-23)22-35-29-20-28(32(36)34-21-24(2)27-14-7-4-8-15-27)16-17-30(29)38-31(33(35)37)19-25-11-5-3-6-12-25/h3-20,24H,21-22H2,1-2H3,(H,34,36). The molecule has 0 saturated heterocycles. The molecule has 0 aliphatic carbocycles. The van der Waals surface area contributed by atoms with Crippen LogP contribution in [-0.2, 0) is 11.3 Å². The maximum absolute atomic E-state index is 13.8. The van der Waals surface area contributed by atoms with Gasteiger partial charge in [-0.1, -0.05) is 109 Å². The predicted molar refractivity (Wildman–Crippen MR) is 156 cm³/mol. The van der Waals surface area contributed by atoms with Crippen molar-refractivity contribution in [1.82, 2.24) is 5.32 Å². The lowest BCUT2D eigenvalue weighted by Crippen LogP contribution is -2.34. The van der Waals surface area contributed by atoms with Gasteiger partial charge in [-0.2, -0.15) is 0 Å². The van der Waals surface area contributed by atoms with Crippen molar-refractivity contribution in [2.75, 3.05) is 11.4 Å². The first-order valence-corrected chi connectivity index (χ1v) is 13.6. The second-order valence-corrected chi connectivity index (χ2v) is 10.7. The van der Waals surface area contributed by atoms with Gasteiger partial charge in [0.05, 0.1) is 17.1 Å². The summed E-state index contributed by atoms with van der Waals surface area (Å²) in [6.07, 6.45) is 1.94. The molecule has 4 aromatic carbocycles. The Morgan fingerprint density at radius 3 is 2.39 bits per heavy atom. The molecule has 4 nitrogen and oxygen atoms in total. The van der Waals surface area contributed by atoms with E-state index in [0.717, 1.165) is 27.3 Å². The number of carbonyl (C=O) groups excluding carboxylic acids is 2. The Balaban J connectivity index is 1.43. The zero-order chi connectivity index (χ0) is 26.5. The lowest BCUT2D eigenvalue weighted by atomic mass is 10.0. The summed E-state index contributed by atoms with van der Waals surface area (Å²) in [6.45, 7) is 5.10. The summed E-state index contributed by atoms with van der Waals surface area (Å²) in [5, 5.41) is 3.07. The molecule has 1 atom stereocenters. The number of anilines is 1. The van der Waals surface area contributed by atoms with Crippen LogP contribution in [0.5, 0.6) is 0 Å². The zero-order valence-corrected chi connectivity index (χ0v) is 22.4. The van der Waals surface area contributed by atoms with Crippen LogP contribution < -0.4 is 10.2 Å². The van der Waals surface area contributed by atoms with Crippen LogP contribution >= 0.6 is 11.8 Å². The van der Waals surface area contributed by atoms with Gasteiger partial charge in [-0.05, 0) is 53.8 Å². The number of carbonyl (C=O) groups is 2. The van der Waals surface area contributed by atoms with E-state index in [1.165, 1.54) is 17.3 Å². The monoisotopic (exact) mass is 518 g/mol. The molecule has 4 aromatic rings. The van der Waals surface area contributed by atoms with Crippen molar-refractivity contribution in [3.63, 3.8) is 0 Å². The Kier molecular flexibility index (Phi) is 7.75. The number of hydrogen-bond acceptors (Lipinski definition) is 3. The number of benzene rings is 4. The van der Waals surface area contributed by atoms with Gasteiger partial charge in [0.2, 0.25) is 0 Å². The molecule has 1 aliphatic heterocycles. The topological polar surface area (TPSA) is 49.4 Å². The fourth-order valence-electron chi connectivity index (χ4n) is 4.55. The number of rotatable bonds is 7. The van der Waals surface area contributed by atoms with Crippen molar-refractivity contribution >= 4 is 35.3 Å². The van der Waals surface area contributed by atoms with Crippen LogP contribution in [0.4, 0.5) is 5.69 Å². The Morgan fingerprint density at radius 1 is 0.921 bits per heavy atom. The van der Waals surface area contributed by atoms with E-state index in [2.05, 4.69) is 30.4 Å². The van der Waals surface area contributed by atoms with Crippen LogP contribution in [0.3, 0.4) is 0 Å². The maximum Gasteiger partial charge on any atom is 0.265 e. The first-order chi connectivity index (χ1) is 18.5. The number of fused-ring (bicyclic) bond motifs is 1. The van der Waals surface area contributed by atoms with Gasteiger partial charge in [0.1, 0.15) is 0 Å². The molecule has 5 heteroatoms. The second-order valence-electron chi connectivity index (χ2n) is 9.61. The van der Waals surface area contributed by atoms with E-state index in [9.17, 15) is 9.59 Å². The van der Waals surface area contributed by atoms with Crippen LogP contribution in [0.25, 0.3) is 6.08 Å². The van der Waals surface area contributed by atoms with Crippen molar-refractivity contribution in [2.45, 2.75) is 31.2 Å². The Labute approximate surface area is 228 Å². The molecule has 0 fully saturated rings. The average Bonchev–Trinajstić information content (AvgIpc) is 2.94. The third kappa shape index (κ3) is 5.90. The Bertz CT molecular complexity index is 1480. The molecule has 1 heterocycles. The van der Waals surface area contributed by atoms with E-state index in [1.54, 1.807) is 4.90 Å². The fraction of sp³-hybridized carbons (Fsp3) is 0.152. The zero-order valence-electron chi connectivity index (χ0n) is 21.6. The highest BCUT2D eigenvalue weighted by molar-refractivity contribution is 8.04. The quantitative estimate of drug-likeness (QED) is 0.263. The molecule has 5 rings (SSSR count). The molecule has 1 N–H and O–H groups in total. The number of thioether (sulfide) groups is 1. The summed E-state index contributed by atoms with van der Waals surface area (Å²) >= 11 is 1.45. The molecule has 190 valence electrons. The smallest absolute Gasteiger partial charge is 0.265 e. The fourth-order valence-corrected chi connectivity index (χ4v) is 5.59. The van der Waals surface area contributed by atoms with E-state index >= 15 is 0 Å². The van der Waals surface area contributed by atoms with Crippen LogP contribution in [0.2, 0.25) is 0 Å². The largest absolute Gasteiger partial charge is 0.351 e. The van der Waals surface area contributed by atoms with E-state index in [0.29, 0.717) is 23.6 Å². The summed E-state index contributed by atoms with van der Waals surface area (Å²) in [6, 6.07) is 33.8. The van der Waals surface area contributed by atoms with E-state index in [-0.39, 0.29) is 17.7 Å². The molecule has 2 amide bonds. The summed E-state index contributed by atoms with van der Waals surface area (Å²) in [4.78, 5) is 30.3. The molecule has 1 aliphatic rings. The van der Waals surface area contributed by atoms with Gasteiger partial charge in [-0.15, -0.1) is 0 Å². The molecule has 0 saturated carbocycles. The number of nitrogens with one attached hydrogen (secondary N) is 1. The SMILES string of the molecule is Cc1cccc(CN2C(=O)C(=Cc3ccccc3)Sc3ccc(C(=O)NCC(C)c4ccccc4)cc32)c1. The normalized spacial score (nSPS) is 14.7. The summed E-state index contributed by atoms with van der Waals surface area (Å²) in [7, 11) is 0. The lowest BCUT2D eigenvalue weighted by Gasteiger charge is -2.31. The average molecular weight is 519 g/mol. The minimum Gasteiger partial charge on any atom is -0.351 e. The number of amides is 2. The first-order valence-electron chi connectivity index (χ1n) is 12.8. The van der Waals surface area contributed by atoms with E-state index in [4.69, 9.17) is 0 Å². The van der Waals surface area contributed by atoms with Crippen molar-refractivity contribution in [3.8, 4) is 0 Å². The first kappa shape index (κ1) is 25.6. The molecule has 0 aromatic heterocycles. The highest BCUT2D eigenvalue weighted by Crippen LogP contribution is 2.43. The van der Waals surface area contributed by atoms with Crippen LogP contribution in [0.1, 0.15) is 45.5 Å². The van der Waals surface area contributed by atoms with Gasteiger partial charge in [0, 0.05) is 17.0 Å². The maximum atomic E-state index is 13.8. The van der Waals surface area contributed by atoms with Crippen molar-refractivity contribution in [1.29, 1.82) is 0 Å². The molecule has 1 unspecified atom stereocenters. The van der Waals surface area contributed by atoms with Crippen LogP contribution in [-0.4, -0.2) is 18.4 Å². The number of aryl methyl sites for hydroxylation is 1. The summed E-state index contributed by atoms with van der Waals surface area (Å²) in [5.41, 5.74) is 5.65. The molecule has 0 bridgehead atoms. The minimum atomic E-state index is -0.144. The number of hydrogen-bond donors (Lipinski definition) is 1. The van der Waals surface area contributed by atoms with Crippen molar-refractivity contribution < 1.29 is 9.59 Å². The summed E-state index contributed by atoms with van der Waals surface area (Å²) < 4.78 is 0. The third-order valence-electron chi connectivity index (χ3n) is 6.65. The van der Waals surface area contributed by atoms with Crippen LogP contribution in [0, 0.1) is 6.92 Å². The third-order valence-corrected chi connectivity index (χ3v) is 7.72. The highest BCUT2D eigenvalue weighted by atomic mass is 32.2. The van der Waals surface area contributed by atoms with Gasteiger partial charge in [-0.25, -0.2) is 0 Å². The Morgan fingerprint density at radius 2 is 1.66 bits per heavy atom. The van der Waals surface area contributed by atoms with E-state index in [1.807, 2.05) is 97.9 Å². The predicted octanol–water partition coefficient (Wildman–Crippen LogP) is 7.21. The van der Waals surface area contributed by atoms with Gasteiger partial charge in [0.25, 0.3) is 11.8 Å². The van der Waals surface area contributed by atoms with Gasteiger partial charge >= 0.3 is 0 Å². The molecule has 0 radical (unpaired) electrons. The van der Waals surface area contributed by atoms with Gasteiger partial charge in [0.15, 0.2) is 0 Å². The van der Waals surface area contributed by atoms with Crippen molar-refractivity contribution in [3.05, 3.63) is 136 Å². The molecular formula is C33H30N2O2S. The molecular weight excluding hydrogens is 488 g/mol. The summed E-state index contributed by atoms with van der Waals surface area (Å²) in [5.74, 6) is -0.0179. The Hall–Kier alpha value is -4.09. The van der Waals surface area contributed by atoms with Crippen molar-refractivity contribution in [2.24, 2.45) is 0 Å². The lowest BCUT2D eigenvalue weighted by molar-refractivity contribution is -0.114. The number of nitrogens with zero attached hydrogens (tertiary/aromatic N) is 1. The second kappa shape index (κ2) is 11.5. The van der Waals surface area contributed by atoms with Gasteiger partial charge in [-0.3, -0.25) is 9.59 Å². The highest BCUT2D eigenvalue weighted by Gasteiger charge is 2.30. The minimum absolute atomic E-state index is 0.0666. The van der Waals surface area contributed by atoms with Gasteiger partial charge < -0.3 is 10.2 Å². The van der Waals surface area contributed by atoms with E-state index < -0.39 is 0 Å². The van der Waals surface area contributed by atoms with Crippen LogP contribution in [0.15, 0.2) is 113 Å². The molecule has 0 spiro atoms. The molecule has 38 heavy (non-hydrogen) atoms.